The Kier molecular flexibility index (Phi) is 3.51. The first kappa shape index (κ1) is 11.1. The number of nitrogens with zero attached hydrogens (tertiary/aromatic N) is 1. The highest BCUT2D eigenvalue weighted by Crippen LogP contribution is 2.08. The van der Waals surface area contributed by atoms with Crippen LogP contribution in [0.25, 0.3) is 0 Å². The van der Waals surface area contributed by atoms with Gasteiger partial charge < -0.3 is 10.1 Å². The van der Waals surface area contributed by atoms with Crippen molar-refractivity contribution in [2.24, 2.45) is 0 Å². The number of nitrogens with one attached hydrogen (secondary N) is 1. The molecule has 0 aliphatic carbocycles. The molecule has 2 heterocycles. The average Bonchev–Trinajstić information content (AvgIpc) is 2.31. The number of hydrogen-bond donors (Lipinski definition) is 1. The molecule has 1 aliphatic rings. The second kappa shape index (κ2) is 5.07. The van der Waals surface area contributed by atoms with Crippen molar-refractivity contribution >= 4 is 5.91 Å². The van der Waals surface area contributed by atoms with Crippen LogP contribution >= 0.6 is 0 Å². The molecule has 16 heavy (non-hydrogen) atoms. The Morgan fingerprint density at radius 1 is 1.50 bits per heavy atom. The highest BCUT2D eigenvalue weighted by Gasteiger charge is 2.18. The van der Waals surface area contributed by atoms with Crippen molar-refractivity contribution in [2.45, 2.75) is 25.8 Å². The van der Waals surface area contributed by atoms with Crippen LogP contribution in [0.5, 0.6) is 0 Å². The van der Waals surface area contributed by atoms with Gasteiger partial charge in [-0.1, -0.05) is 6.07 Å². The minimum absolute atomic E-state index is 0.0787. The summed E-state index contributed by atoms with van der Waals surface area (Å²) >= 11 is 0. The van der Waals surface area contributed by atoms with Crippen LogP contribution in [0, 0.1) is 6.92 Å². The zero-order valence-corrected chi connectivity index (χ0v) is 9.40. The highest BCUT2D eigenvalue weighted by atomic mass is 16.5. The zero-order chi connectivity index (χ0) is 11.4. The van der Waals surface area contributed by atoms with Crippen LogP contribution < -0.4 is 5.32 Å². The fourth-order valence-electron chi connectivity index (χ4n) is 1.82. The van der Waals surface area contributed by atoms with E-state index in [-0.39, 0.29) is 11.9 Å². The van der Waals surface area contributed by atoms with Gasteiger partial charge in [0.25, 0.3) is 5.91 Å². The summed E-state index contributed by atoms with van der Waals surface area (Å²) < 4.78 is 5.24. The molecule has 86 valence electrons. The normalized spacial score (nSPS) is 17.1. The van der Waals surface area contributed by atoms with Crippen LogP contribution in [0.2, 0.25) is 0 Å². The van der Waals surface area contributed by atoms with Gasteiger partial charge in [0, 0.05) is 25.5 Å². The molecule has 0 bridgehead atoms. The van der Waals surface area contributed by atoms with Gasteiger partial charge in [0.1, 0.15) is 5.69 Å². The Morgan fingerprint density at radius 2 is 2.25 bits per heavy atom. The molecular weight excluding hydrogens is 204 g/mol. The predicted octanol–water partition coefficient (Wildman–Crippen LogP) is 1.30. The Hall–Kier alpha value is -1.42. The molecular formula is C12H16N2O2. The number of carbonyl (C=O) groups excluding carboxylic acids is 1. The van der Waals surface area contributed by atoms with Crippen molar-refractivity contribution < 1.29 is 9.53 Å². The highest BCUT2D eigenvalue weighted by molar-refractivity contribution is 5.93. The number of aryl methyl sites for hydroxylation is 1. The van der Waals surface area contributed by atoms with E-state index in [1.807, 2.05) is 19.1 Å². The monoisotopic (exact) mass is 220 g/mol. The standard InChI is InChI=1S/C12H16N2O2/c1-9-3-2-6-13-11(9)12(15)14-10-4-7-16-8-5-10/h2-3,6,10H,4-5,7-8H2,1H3,(H,14,15). The topological polar surface area (TPSA) is 51.2 Å². The molecule has 0 spiro atoms. The van der Waals surface area contributed by atoms with Crippen molar-refractivity contribution in [1.29, 1.82) is 0 Å². The predicted molar refractivity (Wildman–Crippen MR) is 60.3 cm³/mol. The first-order valence-corrected chi connectivity index (χ1v) is 5.57. The minimum Gasteiger partial charge on any atom is -0.381 e. The van der Waals surface area contributed by atoms with E-state index in [4.69, 9.17) is 4.74 Å². The molecule has 1 amide bonds. The fraction of sp³-hybridized carbons (Fsp3) is 0.500. The van der Waals surface area contributed by atoms with E-state index in [0.717, 1.165) is 31.6 Å². The van der Waals surface area contributed by atoms with Gasteiger partial charge in [-0.25, -0.2) is 0 Å². The molecule has 1 aromatic heterocycles. The van der Waals surface area contributed by atoms with Crippen LogP contribution in [0.3, 0.4) is 0 Å². The Morgan fingerprint density at radius 3 is 2.94 bits per heavy atom. The number of rotatable bonds is 2. The van der Waals surface area contributed by atoms with E-state index in [1.165, 1.54) is 0 Å². The number of amides is 1. The number of hydrogen-bond acceptors (Lipinski definition) is 3. The van der Waals surface area contributed by atoms with Gasteiger partial charge in [0.05, 0.1) is 0 Å². The maximum absolute atomic E-state index is 11.9. The molecule has 0 radical (unpaired) electrons. The van der Waals surface area contributed by atoms with Crippen LogP contribution in [0.15, 0.2) is 18.3 Å². The van der Waals surface area contributed by atoms with E-state index in [0.29, 0.717) is 5.69 Å². The third-order valence-electron chi connectivity index (χ3n) is 2.78. The maximum Gasteiger partial charge on any atom is 0.270 e. The molecule has 0 atom stereocenters. The maximum atomic E-state index is 11.9. The largest absolute Gasteiger partial charge is 0.381 e. The van der Waals surface area contributed by atoms with Crippen LogP contribution in [0.4, 0.5) is 0 Å². The summed E-state index contributed by atoms with van der Waals surface area (Å²) in [7, 11) is 0. The third kappa shape index (κ3) is 2.58. The molecule has 1 N–H and O–H groups in total. The van der Waals surface area contributed by atoms with Crippen molar-refractivity contribution in [3.05, 3.63) is 29.6 Å². The van der Waals surface area contributed by atoms with Crippen molar-refractivity contribution in [3.63, 3.8) is 0 Å². The van der Waals surface area contributed by atoms with E-state index in [9.17, 15) is 4.79 Å². The first-order valence-electron chi connectivity index (χ1n) is 5.57. The lowest BCUT2D eigenvalue weighted by Gasteiger charge is -2.23. The summed E-state index contributed by atoms with van der Waals surface area (Å²) in [5, 5.41) is 2.99. The first-order chi connectivity index (χ1) is 7.77. The SMILES string of the molecule is Cc1cccnc1C(=O)NC1CCOCC1. The van der Waals surface area contributed by atoms with Gasteiger partial charge in [0.2, 0.25) is 0 Å². The summed E-state index contributed by atoms with van der Waals surface area (Å²) in [6, 6.07) is 3.95. The average molecular weight is 220 g/mol. The minimum atomic E-state index is -0.0787. The number of aromatic nitrogens is 1. The summed E-state index contributed by atoms with van der Waals surface area (Å²) in [5.74, 6) is -0.0787. The van der Waals surface area contributed by atoms with Gasteiger partial charge >= 0.3 is 0 Å². The third-order valence-corrected chi connectivity index (χ3v) is 2.78. The second-order valence-electron chi connectivity index (χ2n) is 4.03. The lowest BCUT2D eigenvalue weighted by molar-refractivity contribution is 0.0694. The van der Waals surface area contributed by atoms with E-state index >= 15 is 0 Å². The molecule has 0 aromatic carbocycles. The summed E-state index contributed by atoms with van der Waals surface area (Å²) in [6.07, 6.45) is 3.42. The number of carbonyl (C=O) groups is 1. The number of pyridine rings is 1. The molecule has 4 heteroatoms. The molecule has 2 rings (SSSR count). The zero-order valence-electron chi connectivity index (χ0n) is 9.40. The molecule has 0 unspecified atom stereocenters. The molecule has 4 nitrogen and oxygen atoms in total. The van der Waals surface area contributed by atoms with Gasteiger partial charge in [-0.15, -0.1) is 0 Å². The van der Waals surface area contributed by atoms with Crippen LogP contribution in [0.1, 0.15) is 28.9 Å². The number of ether oxygens (including phenoxy) is 1. The van der Waals surface area contributed by atoms with E-state index < -0.39 is 0 Å². The fourth-order valence-corrected chi connectivity index (χ4v) is 1.82. The molecule has 1 aliphatic heterocycles. The molecule has 1 fully saturated rings. The molecule has 0 saturated carbocycles. The lowest BCUT2D eigenvalue weighted by atomic mass is 10.1. The van der Waals surface area contributed by atoms with Crippen molar-refractivity contribution in [2.75, 3.05) is 13.2 Å². The summed E-state index contributed by atoms with van der Waals surface area (Å²) in [5.41, 5.74) is 1.43. The Bertz CT molecular complexity index is 373. The quantitative estimate of drug-likeness (QED) is 0.817. The summed E-state index contributed by atoms with van der Waals surface area (Å²) in [6.45, 7) is 3.35. The molecule has 1 saturated heterocycles. The van der Waals surface area contributed by atoms with Crippen molar-refractivity contribution in [1.82, 2.24) is 10.3 Å². The van der Waals surface area contributed by atoms with Gasteiger partial charge in [-0.05, 0) is 31.4 Å². The summed E-state index contributed by atoms with van der Waals surface area (Å²) in [4.78, 5) is 16.0. The van der Waals surface area contributed by atoms with Gasteiger partial charge in [-0.3, -0.25) is 9.78 Å². The van der Waals surface area contributed by atoms with E-state index in [1.54, 1.807) is 6.20 Å². The smallest absolute Gasteiger partial charge is 0.270 e. The van der Waals surface area contributed by atoms with E-state index in [2.05, 4.69) is 10.3 Å². The van der Waals surface area contributed by atoms with Crippen LogP contribution in [-0.2, 0) is 4.74 Å². The van der Waals surface area contributed by atoms with Gasteiger partial charge in [0.15, 0.2) is 0 Å². The van der Waals surface area contributed by atoms with Crippen LogP contribution in [-0.4, -0.2) is 30.1 Å². The van der Waals surface area contributed by atoms with Gasteiger partial charge in [-0.2, -0.15) is 0 Å². The Labute approximate surface area is 95.0 Å². The Balaban J connectivity index is 2.00. The molecule has 1 aromatic rings. The van der Waals surface area contributed by atoms with Crippen molar-refractivity contribution in [3.8, 4) is 0 Å². The second-order valence-corrected chi connectivity index (χ2v) is 4.03. The lowest BCUT2D eigenvalue weighted by Crippen LogP contribution is -2.39.